The van der Waals surface area contributed by atoms with E-state index in [-0.39, 0.29) is 28.1 Å². The fourth-order valence-electron chi connectivity index (χ4n) is 5.42. The van der Waals surface area contributed by atoms with Crippen molar-refractivity contribution in [3.63, 3.8) is 0 Å². The average molecular weight is 679 g/mol. The molecule has 0 unspecified atom stereocenters. The van der Waals surface area contributed by atoms with Gasteiger partial charge in [0.2, 0.25) is 0 Å². The van der Waals surface area contributed by atoms with Crippen LogP contribution in [0, 0.1) is 0 Å². The number of aromatic nitrogens is 1. The monoisotopic (exact) mass is 678 g/mol. The Hall–Kier alpha value is -4.87. The number of esters is 1. The number of nitrogens with zero attached hydrogens (tertiary/aromatic N) is 2. The second-order valence-corrected chi connectivity index (χ2v) is 11.9. The Morgan fingerprint density at radius 1 is 1.02 bits per heavy atom. The van der Waals surface area contributed by atoms with Crippen molar-refractivity contribution in [3.05, 3.63) is 138 Å². The zero-order valence-corrected chi connectivity index (χ0v) is 26.6. The minimum absolute atomic E-state index is 0.0980. The highest BCUT2D eigenvalue weighted by atomic mass is 35.5. The van der Waals surface area contributed by atoms with Gasteiger partial charge in [-0.15, -0.1) is 0 Å². The van der Waals surface area contributed by atoms with Crippen molar-refractivity contribution in [2.75, 3.05) is 13.7 Å². The summed E-state index contributed by atoms with van der Waals surface area (Å²) in [5.74, 6) is -0.355. The summed E-state index contributed by atoms with van der Waals surface area (Å²) in [5.41, 5.74) is -1.07. The predicted octanol–water partition coefficient (Wildman–Crippen LogP) is 6.73. The van der Waals surface area contributed by atoms with Gasteiger partial charge < -0.3 is 14.2 Å². The van der Waals surface area contributed by atoms with E-state index in [0.717, 1.165) is 32.2 Å². The molecule has 0 saturated heterocycles. The maximum atomic E-state index is 14.4. The summed E-state index contributed by atoms with van der Waals surface area (Å²) in [6, 6.07) is 23.4. The van der Waals surface area contributed by atoms with E-state index in [1.807, 2.05) is 42.5 Å². The van der Waals surface area contributed by atoms with Crippen LogP contribution in [0.2, 0.25) is 5.02 Å². The number of allylic oxidation sites excluding steroid dienone is 1. The van der Waals surface area contributed by atoms with E-state index >= 15 is 0 Å². The molecule has 0 amide bonds. The van der Waals surface area contributed by atoms with Gasteiger partial charge in [0.05, 0.1) is 29.9 Å². The van der Waals surface area contributed by atoms with Crippen molar-refractivity contribution in [1.82, 2.24) is 4.57 Å². The lowest BCUT2D eigenvalue weighted by Crippen LogP contribution is -2.41. The maximum Gasteiger partial charge on any atom is 0.434 e. The highest BCUT2D eigenvalue weighted by Gasteiger charge is 2.45. The number of methoxy groups -OCH3 is 1. The molecule has 1 aromatic heterocycles. The number of halogens is 4. The lowest BCUT2D eigenvalue weighted by Gasteiger charge is -2.26. The van der Waals surface area contributed by atoms with Crippen LogP contribution in [-0.2, 0) is 16.1 Å². The van der Waals surface area contributed by atoms with Gasteiger partial charge in [-0.1, -0.05) is 83.6 Å². The molecule has 47 heavy (non-hydrogen) atoms. The molecule has 5 aromatic rings. The minimum Gasteiger partial charge on any atom is -0.493 e. The zero-order chi connectivity index (χ0) is 33.3. The van der Waals surface area contributed by atoms with Gasteiger partial charge in [0, 0.05) is 5.02 Å². The van der Waals surface area contributed by atoms with Crippen molar-refractivity contribution in [3.8, 4) is 11.5 Å². The molecule has 0 radical (unpaired) electrons. The highest BCUT2D eigenvalue weighted by Crippen LogP contribution is 2.38. The number of carbonyl (C=O) groups excluding carboxylic acids is 1. The van der Waals surface area contributed by atoms with Crippen LogP contribution in [0.15, 0.2) is 106 Å². The van der Waals surface area contributed by atoms with E-state index in [2.05, 4.69) is 4.99 Å². The lowest BCUT2D eigenvalue weighted by atomic mass is 9.95. The fourth-order valence-corrected chi connectivity index (χ4v) is 6.55. The number of rotatable bonds is 8. The number of hydrogen-bond donors (Lipinski definition) is 0. The van der Waals surface area contributed by atoms with Gasteiger partial charge in [-0.25, -0.2) is 9.79 Å². The highest BCUT2D eigenvalue weighted by molar-refractivity contribution is 7.07. The molecule has 12 heteroatoms. The number of fused-ring (bicyclic) bond motifs is 2. The van der Waals surface area contributed by atoms with Crippen LogP contribution in [0.25, 0.3) is 16.8 Å². The molecule has 2 heterocycles. The van der Waals surface area contributed by atoms with Gasteiger partial charge in [-0.05, 0) is 64.7 Å². The average Bonchev–Trinajstić information content (AvgIpc) is 3.37. The van der Waals surface area contributed by atoms with Crippen molar-refractivity contribution in [1.29, 1.82) is 0 Å². The number of thiazole rings is 1. The summed E-state index contributed by atoms with van der Waals surface area (Å²) in [4.78, 5) is 30.5. The molecule has 4 aromatic carbocycles. The third kappa shape index (κ3) is 6.41. The van der Waals surface area contributed by atoms with Gasteiger partial charge in [0.15, 0.2) is 22.0 Å². The van der Waals surface area contributed by atoms with E-state index < -0.39 is 35.0 Å². The summed E-state index contributed by atoms with van der Waals surface area (Å²) in [6.07, 6.45) is -3.47. The van der Waals surface area contributed by atoms with Gasteiger partial charge in [0.1, 0.15) is 6.61 Å². The third-order valence-corrected chi connectivity index (χ3v) is 8.76. The Morgan fingerprint density at radius 3 is 2.49 bits per heavy atom. The molecule has 0 N–H and O–H groups in total. The van der Waals surface area contributed by atoms with E-state index in [0.29, 0.717) is 22.1 Å². The van der Waals surface area contributed by atoms with Crippen molar-refractivity contribution < 1.29 is 32.2 Å². The molecule has 240 valence electrons. The number of alkyl halides is 3. The Kier molecular flexibility index (Phi) is 8.94. The molecule has 0 spiro atoms. The Labute approximate surface area is 275 Å². The second kappa shape index (κ2) is 13.1. The van der Waals surface area contributed by atoms with Crippen LogP contribution < -0.4 is 24.4 Å². The fraction of sp³-hybridized carbons (Fsp3) is 0.171. The summed E-state index contributed by atoms with van der Waals surface area (Å²) >= 11 is 6.82. The van der Waals surface area contributed by atoms with Crippen molar-refractivity contribution in [2.24, 2.45) is 4.99 Å². The van der Waals surface area contributed by atoms with Gasteiger partial charge in [-0.2, -0.15) is 13.2 Å². The van der Waals surface area contributed by atoms with Crippen LogP contribution in [0.1, 0.15) is 29.7 Å². The zero-order valence-electron chi connectivity index (χ0n) is 25.0. The molecular weight excluding hydrogens is 653 g/mol. The van der Waals surface area contributed by atoms with Crippen LogP contribution >= 0.6 is 22.9 Å². The third-order valence-electron chi connectivity index (χ3n) is 7.53. The standard InChI is InChI=1S/C35H26ClF3N2O5S/c1-3-45-33(43)29-30(22-12-14-24(36)15-13-22)41-32(42)28(47-34(41)40-31(29)35(37,38)39)18-20-11-16-26(27(17-20)44-2)46-19-23-9-6-8-21-7-4-5-10-25(21)23/h4-18,30H,3,19H2,1-2H3/b28-18-/t30-/m0/s1. The molecule has 1 aliphatic heterocycles. The van der Waals surface area contributed by atoms with Crippen molar-refractivity contribution in [2.45, 2.75) is 25.7 Å². The molecule has 0 fully saturated rings. The molecule has 6 rings (SSSR count). The molecular formula is C35H26ClF3N2O5S. The number of hydrogen-bond acceptors (Lipinski definition) is 7. The molecule has 0 aliphatic carbocycles. The largest absolute Gasteiger partial charge is 0.493 e. The SMILES string of the molecule is CCOC(=O)C1=C(C(F)(F)F)N=c2s/c(=C\c3ccc(OCc4cccc5ccccc45)c(OC)c3)c(=O)n2[C@H]1c1ccc(Cl)cc1. The minimum atomic E-state index is -5.00. The maximum absolute atomic E-state index is 14.4. The Bertz CT molecular complexity index is 2200. The molecule has 1 atom stereocenters. The van der Waals surface area contributed by atoms with Crippen LogP contribution in [0.3, 0.4) is 0 Å². The smallest absolute Gasteiger partial charge is 0.434 e. The summed E-state index contributed by atoms with van der Waals surface area (Å²) < 4.78 is 61.0. The first-order chi connectivity index (χ1) is 22.6. The number of carbonyl (C=O) groups is 1. The van der Waals surface area contributed by atoms with E-state index in [4.69, 9.17) is 25.8 Å². The Balaban J connectivity index is 1.41. The summed E-state index contributed by atoms with van der Waals surface area (Å²) in [7, 11) is 1.49. The number of benzene rings is 4. The van der Waals surface area contributed by atoms with Crippen molar-refractivity contribution >= 4 is 45.8 Å². The predicted molar refractivity (Wildman–Crippen MR) is 174 cm³/mol. The van der Waals surface area contributed by atoms with E-state index in [9.17, 15) is 22.8 Å². The van der Waals surface area contributed by atoms with E-state index in [1.165, 1.54) is 44.4 Å². The van der Waals surface area contributed by atoms with E-state index in [1.54, 1.807) is 18.2 Å². The Morgan fingerprint density at radius 2 is 1.77 bits per heavy atom. The van der Waals surface area contributed by atoms with Crippen LogP contribution in [-0.4, -0.2) is 30.4 Å². The molecule has 7 nitrogen and oxygen atoms in total. The van der Waals surface area contributed by atoms with Gasteiger partial charge in [0.25, 0.3) is 5.56 Å². The molecule has 0 saturated carbocycles. The molecule has 1 aliphatic rings. The van der Waals surface area contributed by atoms with Gasteiger partial charge in [-0.3, -0.25) is 9.36 Å². The second-order valence-electron chi connectivity index (χ2n) is 10.5. The van der Waals surface area contributed by atoms with Crippen LogP contribution in [0.5, 0.6) is 11.5 Å². The summed E-state index contributed by atoms with van der Waals surface area (Å²) in [6.45, 7) is 1.59. The first-order valence-corrected chi connectivity index (χ1v) is 15.6. The topological polar surface area (TPSA) is 79.1 Å². The summed E-state index contributed by atoms with van der Waals surface area (Å²) in [5, 5.41) is 2.49. The first-order valence-electron chi connectivity index (χ1n) is 14.4. The van der Waals surface area contributed by atoms with Crippen LogP contribution in [0.4, 0.5) is 13.2 Å². The van der Waals surface area contributed by atoms with Gasteiger partial charge >= 0.3 is 12.1 Å². The normalized spacial score (nSPS) is 14.9. The lowest BCUT2D eigenvalue weighted by molar-refractivity contribution is -0.140. The quantitative estimate of drug-likeness (QED) is 0.170. The first kappa shape index (κ1) is 32.1. The number of ether oxygens (including phenoxy) is 3. The molecule has 0 bridgehead atoms.